The number of rotatable bonds is 8. The molecule has 2 saturated heterocycles. The second kappa shape index (κ2) is 14.1. The lowest BCUT2D eigenvalue weighted by Crippen LogP contribution is -2.44. The maximum absolute atomic E-state index is 13.2. The molecular weight excluding hydrogens is 676 g/mol. The summed E-state index contributed by atoms with van der Waals surface area (Å²) < 4.78 is 33.7. The quantitative estimate of drug-likeness (QED) is 0.194. The largest absolute Gasteiger partial charge is 0.488 e. The molecule has 14 heteroatoms. The average Bonchev–Trinajstić information content (AvgIpc) is 3.77. The smallest absolute Gasteiger partial charge is 0.411 e. The zero-order valence-electron chi connectivity index (χ0n) is 30.3. The molecule has 0 N–H and O–H groups in total. The van der Waals surface area contributed by atoms with E-state index >= 15 is 0 Å². The van der Waals surface area contributed by atoms with Crippen molar-refractivity contribution < 1.29 is 57.2 Å². The Hall–Kier alpha value is -5.14. The van der Waals surface area contributed by atoms with Crippen LogP contribution in [0.3, 0.4) is 0 Å². The first-order chi connectivity index (χ1) is 24.5. The molecule has 278 valence electrons. The Balaban J connectivity index is 1.09. The number of ketones is 2. The standard InChI is InChI=1S/C38H44N2O12/c1-37(2,3)51-35(45)39-11-7-9-25(39)33(43)49-19-27(41)21-13-23-17-48-30-16-22(14-24-18-47-29(15-21)31(23)32(24)30)28(42)20-50-34(44)26-10-8-12-40(26)36(46)52-38(4,5)6/h13-16,25-26H,7-12,17-20H2,1-6H3/t25-,26-/m0/s1. The summed E-state index contributed by atoms with van der Waals surface area (Å²) in [7, 11) is 0. The van der Waals surface area contributed by atoms with Gasteiger partial charge in [-0.2, -0.15) is 0 Å². The van der Waals surface area contributed by atoms with Crippen molar-refractivity contribution in [3.8, 4) is 22.6 Å². The van der Waals surface area contributed by atoms with Crippen LogP contribution in [0, 0.1) is 0 Å². The molecular formula is C38H44N2O12. The number of hydrogen-bond acceptors (Lipinski definition) is 12. The van der Waals surface area contributed by atoms with Gasteiger partial charge in [-0.1, -0.05) is 0 Å². The third-order valence-corrected chi connectivity index (χ3v) is 9.02. The lowest BCUT2D eigenvalue weighted by molar-refractivity contribution is -0.148. The molecule has 4 aliphatic heterocycles. The average molecular weight is 721 g/mol. The number of hydrogen-bond donors (Lipinski definition) is 0. The molecule has 14 nitrogen and oxygen atoms in total. The molecule has 0 bridgehead atoms. The van der Waals surface area contributed by atoms with Crippen LogP contribution in [-0.2, 0) is 41.8 Å². The van der Waals surface area contributed by atoms with E-state index in [9.17, 15) is 28.8 Å². The minimum absolute atomic E-state index is 0.0841. The Morgan fingerprint density at radius 3 is 1.38 bits per heavy atom. The predicted octanol–water partition coefficient (Wildman–Crippen LogP) is 5.39. The Labute approximate surface area is 301 Å². The maximum atomic E-state index is 13.2. The van der Waals surface area contributed by atoms with Crippen LogP contribution in [0.5, 0.6) is 11.5 Å². The van der Waals surface area contributed by atoms with Gasteiger partial charge < -0.3 is 28.4 Å². The third-order valence-electron chi connectivity index (χ3n) is 9.02. The zero-order valence-corrected chi connectivity index (χ0v) is 30.3. The van der Waals surface area contributed by atoms with Crippen molar-refractivity contribution in [3.05, 3.63) is 46.5 Å². The van der Waals surface area contributed by atoms with Crippen LogP contribution in [0.1, 0.15) is 99.1 Å². The first-order valence-electron chi connectivity index (χ1n) is 17.5. The Morgan fingerprint density at radius 2 is 1.02 bits per heavy atom. The fourth-order valence-corrected chi connectivity index (χ4v) is 6.74. The summed E-state index contributed by atoms with van der Waals surface area (Å²) in [5.74, 6) is -1.33. The van der Waals surface area contributed by atoms with Crippen LogP contribution in [-0.4, -0.2) is 95.1 Å². The van der Waals surface area contributed by atoms with Crippen molar-refractivity contribution in [1.29, 1.82) is 0 Å². The predicted molar refractivity (Wildman–Crippen MR) is 183 cm³/mol. The summed E-state index contributed by atoms with van der Waals surface area (Å²) in [4.78, 5) is 80.2. The highest BCUT2D eigenvalue weighted by Gasteiger charge is 2.40. The summed E-state index contributed by atoms with van der Waals surface area (Å²) in [5.41, 5.74) is 1.96. The Morgan fingerprint density at radius 1 is 0.635 bits per heavy atom. The van der Waals surface area contributed by atoms with Crippen molar-refractivity contribution in [2.24, 2.45) is 0 Å². The van der Waals surface area contributed by atoms with Gasteiger partial charge >= 0.3 is 24.1 Å². The van der Waals surface area contributed by atoms with E-state index in [-0.39, 0.29) is 24.3 Å². The normalized spacial score (nSPS) is 18.8. The van der Waals surface area contributed by atoms with Crippen molar-refractivity contribution in [1.82, 2.24) is 9.80 Å². The molecule has 4 heterocycles. The highest BCUT2D eigenvalue weighted by Crippen LogP contribution is 2.49. The molecule has 0 spiro atoms. The van der Waals surface area contributed by atoms with Crippen molar-refractivity contribution in [2.45, 2.75) is 104 Å². The van der Waals surface area contributed by atoms with E-state index in [4.69, 9.17) is 28.4 Å². The minimum Gasteiger partial charge on any atom is -0.488 e. The van der Waals surface area contributed by atoms with Gasteiger partial charge in [0.05, 0.1) is 0 Å². The zero-order chi connectivity index (χ0) is 37.5. The summed E-state index contributed by atoms with van der Waals surface area (Å²) in [6, 6.07) is 4.87. The number of benzene rings is 2. The molecule has 52 heavy (non-hydrogen) atoms. The summed E-state index contributed by atoms with van der Waals surface area (Å²) in [5, 5.41) is 0. The van der Waals surface area contributed by atoms with E-state index in [0.29, 0.717) is 61.4 Å². The second-order valence-corrected chi connectivity index (χ2v) is 15.3. The van der Waals surface area contributed by atoms with Crippen LogP contribution in [0.2, 0.25) is 0 Å². The Bertz CT molecular complexity index is 1640. The van der Waals surface area contributed by atoms with E-state index in [1.807, 2.05) is 0 Å². The molecule has 6 rings (SSSR count). The van der Waals surface area contributed by atoms with E-state index in [1.165, 1.54) is 9.80 Å². The van der Waals surface area contributed by atoms with Gasteiger partial charge in [0.1, 0.15) is 48.0 Å². The highest BCUT2D eigenvalue weighted by molar-refractivity contribution is 6.02. The lowest BCUT2D eigenvalue weighted by Gasteiger charge is -2.30. The van der Waals surface area contributed by atoms with Crippen LogP contribution in [0.4, 0.5) is 9.59 Å². The number of carbonyl (C=O) groups is 6. The molecule has 4 aliphatic rings. The fourth-order valence-electron chi connectivity index (χ4n) is 6.74. The summed E-state index contributed by atoms with van der Waals surface area (Å²) >= 11 is 0. The SMILES string of the molecule is CC(C)(C)OC(=O)N1CCC[C@H]1C(=O)OCC(=O)c1cc2c3c(c1)OCc1cc(C(=O)COC(=O)[C@@H]4CCCN4C(=O)OC(C)(C)C)cc(c1-3)OC2. The fraction of sp³-hybridized carbons (Fsp3) is 0.526. The molecule has 2 aromatic rings. The Kier molecular flexibility index (Phi) is 9.95. The van der Waals surface area contributed by atoms with E-state index in [0.717, 1.165) is 11.1 Å². The number of amides is 2. The summed E-state index contributed by atoms with van der Waals surface area (Å²) in [6.07, 6.45) is 0.849. The van der Waals surface area contributed by atoms with Gasteiger partial charge in [-0.05, 0) is 91.5 Å². The monoisotopic (exact) mass is 720 g/mol. The molecule has 0 saturated carbocycles. The van der Waals surface area contributed by atoms with Gasteiger partial charge in [0, 0.05) is 46.5 Å². The highest BCUT2D eigenvalue weighted by atomic mass is 16.6. The summed E-state index contributed by atoms with van der Waals surface area (Å²) in [6.45, 7) is 10.3. The third kappa shape index (κ3) is 7.85. The first kappa shape index (κ1) is 36.6. The topological polar surface area (TPSA) is 164 Å². The number of esters is 2. The van der Waals surface area contributed by atoms with Gasteiger partial charge in [-0.25, -0.2) is 19.2 Å². The molecule has 2 fully saturated rings. The van der Waals surface area contributed by atoms with Gasteiger partial charge in [-0.3, -0.25) is 19.4 Å². The van der Waals surface area contributed by atoms with Gasteiger partial charge in [0.15, 0.2) is 24.8 Å². The van der Waals surface area contributed by atoms with Crippen molar-refractivity contribution >= 4 is 35.7 Å². The molecule has 2 atom stereocenters. The number of likely N-dealkylation sites (tertiary alicyclic amines) is 2. The molecule has 2 amide bonds. The number of Topliss-reactive ketones (excluding diaryl/α,β-unsaturated/α-hetero) is 2. The molecule has 0 radical (unpaired) electrons. The molecule has 0 unspecified atom stereocenters. The van der Waals surface area contributed by atoms with Gasteiger partial charge in [0.2, 0.25) is 0 Å². The maximum Gasteiger partial charge on any atom is 0.411 e. The number of carbonyl (C=O) groups excluding carboxylic acids is 6. The van der Waals surface area contributed by atoms with E-state index < -0.39 is 72.2 Å². The molecule has 0 aromatic heterocycles. The van der Waals surface area contributed by atoms with Gasteiger partial charge in [-0.15, -0.1) is 0 Å². The van der Waals surface area contributed by atoms with Crippen LogP contribution >= 0.6 is 0 Å². The first-order valence-corrected chi connectivity index (χ1v) is 17.5. The molecule has 2 aromatic carbocycles. The van der Waals surface area contributed by atoms with Crippen LogP contribution < -0.4 is 9.47 Å². The van der Waals surface area contributed by atoms with Crippen molar-refractivity contribution in [3.63, 3.8) is 0 Å². The van der Waals surface area contributed by atoms with E-state index in [1.54, 1.807) is 65.8 Å². The second-order valence-electron chi connectivity index (χ2n) is 15.3. The van der Waals surface area contributed by atoms with E-state index in [2.05, 4.69) is 0 Å². The lowest BCUT2D eigenvalue weighted by atomic mass is 9.87. The van der Waals surface area contributed by atoms with Crippen LogP contribution in [0.25, 0.3) is 11.1 Å². The number of ether oxygens (including phenoxy) is 6. The minimum atomic E-state index is -0.829. The van der Waals surface area contributed by atoms with Crippen molar-refractivity contribution in [2.75, 3.05) is 26.3 Å². The van der Waals surface area contributed by atoms with Crippen LogP contribution in [0.15, 0.2) is 24.3 Å². The number of nitrogens with zero attached hydrogens (tertiary/aromatic N) is 2. The molecule has 0 aliphatic carbocycles. The van der Waals surface area contributed by atoms with Gasteiger partial charge in [0.25, 0.3) is 0 Å².